The molecule has 3 nitrogen and oxygen atoms in total. The SMILES string of the molecule is O=C(CNCC1CC1)NCc1cccc(Cl)c1F. The molecule has 0 radical (unpaired) electrons. The van der Waals surface area contributed by atoms with Crippen LogP contribution in [0.3, 0.4) is 0 Å². The number of halogens is 2. The lowest BCUT2D eigenvalue weighted by Gasteiger charge is -2.07. The number of amides is 1. The van der Waals surface area contributed by atoms with E-state index in [4.69, 9.17) is 11.6 Å². The summed E-state index contributed by atoms with van der Waals surface area (Å²) in [4.78, 5) is 11.5. The van der Waals surface area contributed by atoms with Crippen LogP contribution in [0.2, 0.25) is 5.02 Å². The van der Waals surface area contributed by atoms with E-state index in [1.807, 2.05) is 0 Å². The molecule has 1 aliphatic rings. The third-order valence-electron chi connectivity index (χ3n) is 2.92. The molecule has 18 heavy (non-hydrogen) atoms. The van der Waals surface area contributed by atoms with Crippen LogP contribution < -0.4 is 10.6 Å². The van der Waals surface area contributed by atoms with Crippen LogP contribution in [0.5, 0.6) is 0 Å². The van der Waals surface area contributed by atoms with Gasteiger partial charge in [0, 0.05) is 12.1 Å². The molecule has 0 bridgehead atoms. The first-order chi connectivity index (χ1) is 8.66. The highest BCUT2D eigenvalue weighted by Crippen LogP contribution is 2.27. The summed E-state index contributed by atoms with van der Waals surface area (Å²) in [7, 11) is 0. The van der Waals surface area contributed by atoms with Crippen molar-refractivity contribution in [3.8, 4) is 0 Å². The minimum absolute atomic E-state index is 0.0774. The molecule has 0 atom stereocenters. The number of carbonyl (C=O) groups excluding carboxylic acids is 1. The van der Waals surface area contributed by atoms with Crippen LogP contribution in [0.15, 0.2) is 18.2 Å². The number of hydrogen-bond acceptors (Lipinski definition) is 2. The molecule has 1 fully saturated rings. The molecule has 1 aromatic rings. The van der Waals surface area contributed by atoms with Gasteiger partial charge < -0.3 is 10.6 Å². The highest BCUT2D eigenvalue weighted by Gasteiger charge is 2.20. The molecule has 1 saturated carbocycles. The van der Waals surface area contributed by atoms with Gasteiger partial charge in [0.05, 0.1) is 11.6 Å². The van der Waals surface area contributed by atoms with Gasteiger partial charge in [0.15, 0.2) is 0 Å². The summed E-state index contributed by atoms with van der Waals surface area (Å²) in [6.07, 6.45) is 2.50. The molecule has 0 aliphatic heterocycles. The fourth-order valence-corrected chi connectivity index (χ4v) is 1.85. The molecule has 1 amide bonds. The molecule has 0 spiro atoms. The van der Waals surface area contributed by atoms with Crippen molar-refractivity contribution < 1.29 is 9.18 Å². The van der Waals surface area contributed by atoms with Crippen molar-refractivity contribution in [2.75, 3.05) is 13.1 Å². The van der Waals surface area contributed by atoms with Gasteiger partial charge in [-0.25, -0.2) is 4.39 Å². The van der Waals surface area contributed by atoms with Gasteiger partial charge in [-0.05, 0) is 31.4 Å². The summed E-state index contributed by atoms with van der Waals surface area (Å²) in [6.45, 7) is 1.33. The van der Waals surface area contributed by atoms with Gasteiger partial charge >= 0.3 is 0 Å². The van der Waals surface area contributed by atoms with Gasteiger partial charge in [-0.3, -0.25) is 4.79 Å². The molecule has 98 valence electrons. The van der Waals surface area contributed by atoms with E-state index < -0.39 is 5.82 Å². The van der Waals surface area contributed by atoms with Crippen molar-refractivity contribution in [3.05, 3.63) is 34.6 Å². The van der Waals surface area contributed by atoms with Crippen LogP contribution >= 0.6 is 11.6 Å². The van der Waals surface area contributed by atoms with E-state index in [2.05, 4.69) is 10.6 Å². The zero-order valence-electron chi connectivity index (χ0n) is 10.0. The van der Waals surface area contributed by atoms with E-state index in [0.29, 0.717) is 5.56 Å². The van der Waals surface area contributed by atoms with Crippen LogP contribution in [0.25, 0.3) is 0 Å². The second-order valence-electron chi connectivity index (χ2n) is 4.56. The van der Waals surface area contributed by atoms with Gasteiger partial charge in [0.2, 0.25) is 5.91 Å². The Bertz CT molecular complexity index is 435. The number of nitrogens with one attached hydrogen (secondary N) is 2. The second kappa shape index (κ2) is 6.16. The van der Waals surface area contributed by atoms with E-state index in [0.717, 1.165) is 12.5 Å². The largest absolute Gasteiger partial charge is 0.351 e. The summed E-state index contributed by atoms with van der Waals surface area (Å²) in [6, 6.07) is 4.76. The first kappa shape index (κ1) is 13.3. The molecule has 5 heteroatoms. The zero-order chi connectivity index (χ0) is 13.0. The minimum Gasteiger partial charge on any atom is -0.351 e. The van der Waals surface area contributed by atoms with Gasteiger partial charge in [-0.2, -0.15) is 0 Å². The lowest BCUT2D eigenvalue weighted by molar-refractivity contribution is -0.120. The van der Waals surface area contributed by atoms with E-state index in [9.17, 15) is 9.18 Å². The first-order valence-corrected chi connectivity index (χ1v) is 6.45. The third kappa shape index (κ3) is 3.96. The Morgan fingerprint density at radius 1 is 1.44 bits per heavy atom. The molecule has 2 N–H and O–H groups in total. The quantitative estimate of drug-likeness (QED) is 0.831. The number of rotatable bonds is 6. The average molecular weight is 271 g/mol. The van der Waals surface area contributed by atoms with Crippen molar-refractivity contribution >= 4 is 17.5 Å². The Morgan fingerprint density at radius 2 is 2.22 bits per heavy atom. The van der Waals surface area contributed by atoms with Crippen LogP contribution in [-0.4, -0.2) is 19.0 Å². The predicted octanol–water partition coefficient (Wildman–Crippen LogP) is 2.09. The van der Waals surface area contributed by atoms with Gasteiger partial charge in [-0.15, -0.1) is 0 Å². The maximum absolute atomic E-state index is 13.5. The van der Waals surface area contributed by atoms with Gasteiger partial charge in [0.25, 0.3) is 0 Å². The van der Waals surface area contributed by atoms with Crippen molar-refractivity contribution in [1.29, 1.82) is 0 Å². The highest BCUT2D eigenvalue weighted by atomic mass is 35.5. The summed E-state index contributed by atoms with van der Waals surface area (Å²) in [5, 5.41) is 5.82. The van der Waals surface area contributed by atoms with Gasteiger partial charge in [0.1, 0.15) is 5.82 Å². The minimum atomic E-state index is -0.467. The zero-order valence-corrected chi connectivity index (χ0v) is 10.8. The normalized spacial score (nSPS) is 14.6. The summed E-state index contributed by atoms with van der Waals surface area (Å²) >= 11 is 5.65. The maximum atomic E-state index is 13.5. The average Bonchev–Trinajstić information content (AvgIpc) is 3.15. The Morgan fingerprint density at radius 3 is 2.94 bits per heavy atom. The highest BCUT2D eigenvalue weighted by molar-refractivity contribution is 6.30. The molecule has 1 aromatic carbocycles. The number of benzene rings is 1. The molecule has 1 aliphatic carbocycles. The smallest absolute Gasteiger partial charge is 0.234 e. The summed E-state index contributed by atoms with van der Waals surface area (Å²) in [5.41, 5.74) is 0.401. The lowest BCUT2D eigenvalue weighted by Crippen LogP contribution is -2.34. The predicted molar refractivity (Wildman–Crippen MR) is 68.9 cm³/mol. The molecule has 2 rings (SSSR count). The van der Waals surface area contributed by atoms with Crippen LogP contribution in [0.1, 0.15) is 18.4 Å². The van der Waals surface area contributed by atoms with Crippen molar-refractivity contribution in [1.82, 2.24) is 10.6 Å². The molecular formula is C13H16ClFN2O. The van der Waals surface area contributed by atoms with Crippen LogP contribution in [0, 0.1) is 11.7 Å². The molecule has 0 saturated heterocycles. The molecule has 0 heterocycles. The number of hydrogen-bond donors (Lipinski definition) is 2. The standard InChI is InChI=1S/C13H16ClFN2O/c14-11-3-1-2-10(13(11)15)7-17-12(18)8-16-6-9-4-5-9/h1-3,9,16H,4-8H2,(H,17,18). The van der Waals surface area contributed by atoms with E-state index in [-0.39, 0.29) is 24.0 Å². The third-order valence-corrected chi connectivity index (χ3v) is 3.21. The molecule has 0 unspecified atom stereocenters. The number of carbonyl (C=O) groups is 1. The Hall–Kier alpha value is -1.13. The fourth-order valence-electron chi connectivity index (χ4n) is 1.65. The second-order valence-corrected chi connectivity index (χ2v) is 4.97. The van der Waals surface area contributed by atoms with Crippen molar-refractivity contribution in [3.63, 3.8) is 0 Å². The van der Waals surface area contributed by atoms with Gasteiger partial charge in [-0.1, -0.05) is 23.7 Å². The van der Waals surface area contributed by atoms with E-state index in [1.54, 1.807) is 12.1 Å². The van der Waals surface area contributed by atoms with Crippen molar-refractivity contribution in [2.45, 2.75) is 19.4 Å². The van der Waals surface area contributed by atoms with E-state index >= 15 is 0 Å². The summed E-state index contributed by atoms with van der Waals surface area (Å²) in [5.74, 6) is 0.142. The Kier molecular flexibility index (Phi) is 4.55. The Balaban J connectivity index is 1.72. The topological polar surface area (TPSA) is 41.1 Å². The maximum Gasteiger partial charge on any atom is 0.234 e. The van der Waals surface area contributed by atoms with E-state index in [1.165, 1.54) is 18.9 Å². The fraction of sp³-hybridized carbons (Fsp3) is 0.462. The molecular weight excluding hydrogens is 255 g/mol. The van der Waals surface area contributed by atoms with Crippen LogP contribution in [0.4, 0.5) is 4.39 Å². The van der Waals surface area contributed by atoms with Crippen molar-refractivity contribution in [2.24, 2.45) is 5.92 Å². The monoisotopic (exact) mass is 270 g/mol. The summed E-state index contributed by atoms with van der Waals surface area (Å²) < 4.78 is 13.5. The lowest BCUT2D eigenvalue weighted by atomic mass is 10.2. The first-order valence-electron chi connectivity index (χ1n) is 6.07. The van der Waals surface area contributed by atoms with Crippen LogP contribution in [-0.2, 0) is 11.3 Å². The molecule has 0 aromatic heterocycles. The Labute approximate surface area is 111 Å².